The molecular formula is C15H20F2N2O2. The van der Waals surface area contributed by atoms with Crippen LogP contribution in [0.5, 0.6) is 5.75 Å². The van der Waals surface area contributed by atoms with Crippen molar-refractivity contribution in [2.75, 3.05) is 36.9 Å². The van der Waals surface area contributed by atoms with Crippen LogP contribution in [0, 0.1) is 0 Å². The van der Waals surface area contributed by atoms with Crippen molar-refractivity contribution in [1.82, 2.24) is 0 Å². The minimum atomic E-state index is -2.37. The number of alkyl halides is 2. The van der Waals surface area contributed by atoms with Crippen molar-refractivity contribution in [2.45, 2.75) is 31.8 Å². The Kier molecular flexibility index (Phi) is 3.65. The highest BCUT2D eigenvalue weighted by molar-refractivity contribution is 5.72. The first-order valence-corrected chi connectivity index (χ1v) is 7.19. The van der Waals surface area contributed by atoms with E-state index in [9.17, 15) is 8.78 Å². The highest BCUT2D eigenvalue weighted by Crippen LogP contribution is 2.42. The normalized spacial score (nSPS) is 25.0. The summed E-state index contributed by atoms with van der Waals surface area (Å²) < 4.78 is 36.5. The number of rotatable bonds is 3. The number of halogens is 2. The Morgan fingerprint density at radius 2 is 2.05 bits per heavy atom. The third-order valence-electron chi connectivity index (χ3n) is 4.07. The molecule has 0 spiro atoms. The smallest absolute Gasteiger partial charge is 0.242 e. The quantitative estimate of drug-likeness (QED) is 0.871. The van der Waals surface area contributed by atoms with Gasteiger partial charge < -0.3 is 20.1 Å². The summed E-state index contributed by atoms with van der Waals surface area (Å²) in [5.74, 6) is 0.675. The lowest BCUT2D eigenvalue weighted by molar-refractivity contribution is 0.0252. The van der Waals surface area contributed by atoms with Crippen molar-refractivity contribution < 1.29 is 18.3 Å². The average molecular weight is 298 g/mol. The summed E-state index contributed by atoms with van der Waals surface area (Å²) in [4.78, 5) is 2.14. The maximum absolute atomic E-state index is 12.7. The molecule has 6 heteroatoms. The number of hydrogen-bond donors (Lipinski definition) is 1. The molecule has 3 rings (SSSR count). The lowest BCUT2D eigenvalue weighted by atomic mass is 9.95. The molecule has 0 aromatic heterocycles. The minimum absolute atomic E-state index is 0.269. The summed E-state index contributed by atoms with van der Waals surface area (Å²) in [6, 6.07) is 3.74. The molecule has 21 heavy (non-hydrogen) atoms. The van der Waals surface area contributed by atoms with Gasteiger partial charge in [0.15, 0.2) is 0 Å². The summed E-state index contributed by atoms with van der Waals surface area (Å²) in [6.07, 6.45) is -2.17. The van der Waals surface area contributed by atoms with Crippen molar-refractivity contribution in [1.29, 1.82) is 0 Å². The first-order valence-electron chi connectivity index (χ1n) is 7.19. The Hall–Kier alpha value is -1.56. The fourth-order valence-corrected chi connectivity index (χ4v) is 3.09. The van der Waals surface area contributed by atoms with E-state index in [2.05, 4.69) is 4.90 Å². The second-order valence-corrected chi connectivity index (χ2v) is 5.94. The minimum Gasteiger partial charge on any atom is -0.487 e. The van der Waals surface area contributed by atoms with Crippen molar-refractivity contribution in [3.05, 3.63) is 17.7 Å². The first kappa shape index (κ1) is 14.4. The molecule has 1 aromatic rings. The molecule has 1 fully saturated rings. The Balaban J connectivity index is 1.84. The van der Waals surface area contributed by atoms with Gasteiger partial charge in [-0.1, -0.05) is 0 Å². The number of nitrogen functional groups attached to an aromatic ring is 1. The Bertz CT molecular complexity index is 533. The summed E-state index contributed by atoms with van der Waals surface area (Å²) in [6.45, 7) is 4.61. The van der Waals surface area contributed by atoms with Crippen LogP contribution in [0.25, 0.3) is 0 Å². The highest BCUT2D eigenvalue weighted by Gasteiger charge is 2.38. The number of anilines is 2. The van der Waals surface area contributed by atoms with Crippen LogP contribution in [0.1, 0.15) is 18.9 Å². The molecule has 4 nitrogen and oxygen atoms in total. The number of morpholine rings is 1. The van der Waals surface area contributed by atoms with Gasteiger partial charge in [-0.05, 0) is 13.0 Å². The second kappa shape index (κ2) is 5.33. The number of benzene rings is 1. The number of nitrogens with two attached hydrogens (primary N) is 1. The lowest BCUT2D eigenvalue weighted by Gasteiger charge is -2.30. The molecule has 2 aliphatic rings. The van der Waals surface area contributed by atoms with Gasteiger partial charge in [-0.25, -0.2) is 8.78 Å². The molecule has 0 aliphatic carbocycles. The van der Waals surface area contributed by atoms with Crippen LogP contribution in [0.15, 0.2) is 12.1 Å². The van der Waals surface area contributed by atoms with Crippen molar-refractivity contribution in [3.63, 3.8) is 0 Å². The molecule has 2 aliphatic heterocycles. The average Bonchev–Trinajstić information content (AvgIpc) is 2.72. The summed E-state index contributed by atoms with van der Waals surface area (Å²) in [7, 11) is 0. The molecule has 2 heterocycles. The van der Waals surface area contributed by atoms with Gasteiger partial charge in [0.05, 0.1) is 24.6 Å². The molecule has 1 aromatic carbocycles. The molecule has 0 bridgehead atoms. The fraction of sp³-hybridized carbons (Fsp3) is 0.600. The van der Waals surface area contributed by atoms with Gasteiger partial charge in [0.25, 0.3) is 0 Å². The van der Waals surface area contributed by atoms with Crippen LogP contribution in [-0.4, -0.2) is 38.3 Å². The van der Waals surface area contributed by atoms with E-state index < -0.39 is 12.0 Å². The first-order chi connectivity index (χ1) is 9.97. The molecular weight excluding hydrogens is 278 g/mol. The van der Waals surface area contributed by atoms with E-state index in [0.29, 0.717) is 31.1 Å². The SMILES string of the molecule is CC1(CC(F)F)Cc2cc(N)c(N3CCOCC3)cc2O1. The predicted molar refractivity (Wildman–Crippen MR) is 77.2 cm³/mol. The molecule has 0 radical (unpaired) electrons. The molecule has 116 valence electrons. The van der Waals surface area contributed by atoms with Crippen molar-refractivity contribution >= 4 is 11.4 Å². The van der Waals surface area contributed by atoms with Crippen LogP contribution in [0.3, 0.4) is 0 Å². The number of fused-ring (bicyclic) bond motifs is 1. The Morgan fingerprint density at radius 1 is 1.33 bits per heavy atom. The molecule has 1 unspecified atom stereocenters. The number of hydrogen-bond acceptors (Lipinski definition) is 4. The summed E-state index contributed by atoms with van der Waals surface area (Å²) in [5, 5.41) is 0. The standard InChI is InChI=1S/C15H20F2N2O2/c1-15(9-14(16)17)8-10-6-11(18)12(7-13(10)21-15)19-2-4-20-5-3-19/h6-7,14H,2-5,8-9,18H2,1H3. The van der Waals surface area contributed by atoms with E-state index in [1.165, 1.54) is 0 Å². The van der Waals surface area contributed by atoms with E-state index in [0.717, 1.165) is 24.3 Å². The molecule has 1 atom stereocenters. The van der Waals surface area contributed by atoms with Gasteiger partial charge in [-0.15, -0.1) is 0 Å². The lowest BCUT2D eigenvalue weighted by Crippen LogP contribution is -2.36. The monoisotopic (exact) mass is 298 g/mol. The maximum Gasteiger partial charge on any atom is 0.242 e. The van der Waals surface area contributed by atoms with Crippen LogP contribution in [0.4, 0.5) is 20.2 Å². The van der Waals surface area contributed by atoms with Gasteiger partial charge >= 0.3 is 0 Å². The molecule has 0 saturated carbocycles. The van der Waals surface area contributed by atoms with Gasteiger partial charge in [0.1, 0.15) is 11.4 Å². The molecule has 1 saturated heterocycles. The fourth-order valence-electron chi connectivity index (χ4n) is 3.09. The third kappa shape index (κ3) is 2.90. The van der Waals surface area contributed by atoms with E-state index >= 15 is 0 Å². The predicted octanol–water partition coefficient (Wildman–Crippen LogP) is 2.45. The topological polar surface area (TPSA) is 47.7 Å². The van der Waals surface area contributed by atoms with Gasteiger partial charge in [0.2, 0.25) is 6.43 Å². The third-order valence-corrected chi connectivity index (χ3v) is 4.07. The molecule has 2 N–H and O–H groups in total. The number of ether oxygens (including phenoxy) is 2. The van der Waals surface area contributed by atoms with E-state index in [1.54, 1.807) is 6.92 Å². The maximum atomic E-state index is 12.7. The number of nitrogens with zero attached hydrogens (tertiary/aromatic N) is 1. The summed E-state index contributed by atoms with van der Waals surface area (Å²) in [5.41, 5.74) is 7.77. The zero-order chi connectivity index (χ0) is 15.0. The van der Waals surface area contributed by atoms with Gasteiger partial charge in [0, 0.05) is 37.6 Å². The highest BCUT2D eigenvalue weighted by atomic mass is 19.3. The summed E-state index contributed by atoms with van der Waals surface area (Å²) >= 11 is 0. The second-order valence-electron chi connectivity index (χ2n) is 5.94. The largest absolute Gasteiger partial charge is 0.487 e. The van der Waals surface area contributed by atoms with E-state index in [4.69, 9.17) is 15.2 Å². The Morgan fingerprint density at radius 3 is 2.71 bits per heavy atom. The van der Waals surface area contributed by atoms with Crippen LogP contribution in [0.2, 0.25) is 0 Å². The van der Waals surface area contributed by atoms with Gasteiger partial charge in [-0.3, -0.25) is 0 Å². The zero-order valence-electron chi connectivity index (χ0n) is 12.1. The van der Waals surface area contributed by atoms with Crippen LogP contribution >= 0.6 is 0 Å². The molecule has 0 amide bonds. The van der Waals surface area contributed by atoms with Gasteiger partial charge in [-0.2, -0.15) is 0 Å². The van der Waals surface area contributed by atoms with Crippen LogP contribution in [-0.2, 0) is 11.2 Å². The van der Waals surface area contributed by atoms with E-state index in [1.807, 2.05) is 12.1 Å². The van der Waals surface area contributed by atoms with Crippen molar-refractivity contribution in [2.24, 2.45) is 0 Å². The zero-order valence-corrected chi connectivity index (χ0v) is 12.1. The van der Waals surface area contributed by atoms with Crippen molar-refractivity contribution in [3.8, 4) is 5.75 Å². The Labute approximate surface area is 122 Å². The van der Waals surface area contributed by atoms with Crippen LogP contribution < -0.4 is 15.4 Å². The van der Waals surface area contributed by atoms with E-state index in [-0.39, 0.29) is 6.42 Å².